The molecule has 0 saturated carbocycles. The predicted molar refractivity (Wildman–Crippen MR) is 75.7 cm³/mol. The van der Waals surface area contributed by atoms with Crippen LogP contribution in [-0.2, 0) is 0 Å². The van der Waals surface area contributed by atoms with Crippen molar-refractivity contribution >= 4 is 27.3 Å². The molecule has 0 aliphatic carbocycles. The van der Waals surface area contributed by atoms with E-state index < -0.39 is 0 Å². The lowest BCUT2D eigenvalue weighted by Gasteiger charge is -2.17. The second-order valence-electron chi connectivity index (χ2n) is 4.76. The topological polar surface area (TPSA) is 38.0 Å². The van der Waals surface area contributed by atoms with Gasteiger partial charge < -0.3 is 11.1 Å². The molecule has 0 radical (unpaired) electrons. The minimum Gasteiger partial charge on any atom is -0.399 e. The standard InChI is InChI=1S/C13H21BrN2/c1-9(2)4-5-10(3)16-13-7-6-11(15)8-12(13)14/h6-10,16H,4-5,15H2,1-3H3. The summed E-state index contributed by atoms with van der Waals surface area (Å²) in [5.41, 5.74) is 7.60. The fourth-order valence-electron chi connectivity index (χ4n) is 1.57. The van der Waals surface area contributed by atoms with E-state index in [1.54, 1.807) is 0 Å². The first-order valence-corrected chi connectivity index (χ1v) is 6.60. The van der Waals surface area contributed by atoms with Crippen molar-refractivity contribution in [3.8, 4) is 0 Å². The van der Waals surface area contributed by atoms with E-state index in [1.165, 1.54) is 12.8 Å². The Balaban J connectivity index is 2.52. The summed E-state index contributed by atoms with van der Waals surface area (Å²) in [6.07, 6.45) is 2.44. The Morgan fingerprint density at radius 3 is 2.50 bits per heavy atom. The van der Waals surface area contributed by atoms with Crippen molar-refractivity contribution in [1.29, 1.82) is 0 Å². The van der Waals surface area contributed by atoms with Crippen LogP contribution < -0.4 is 11.1 Å². The van der Waals surface area contributed by atoms with E-state index in [4.69, 9.17) is 5.73 Å². The van der Waals surface area contributed by atoms with Gasteiger partial charge in [-0.2, -0.15) is 0 Å². The normalized spacial score (nSPS) is 12.8. The van der Waals surface area contributed by atoms with Crippen LogP contribution in [0.1, 0.15) is 33.6 Å². The van der Waals surface area contributed by atoms with Gasteiger partial charge in [-0.15, -0.1) is 0 Å². The zero-order chi connectivity index (χ0) is 12.1. The summed E-state index contributed by atoms with van der Waals surface area (Å²) in [6, 6.07) is 6.35. The van der Waals surface area contributed by atoms with Crippen molar-refractivity contribution in [3.63, 3.8) is 0 Å². The van der Waals surface area contributed by atoms with Crippen molar-refractivity contribution in [2.45, 2.75) is 39.7 Å². The third kappa shape index (κ3) is 4.44. The number of hydrogen-bond donors (Lipinski definition) is 2. The lowest BCUT2D eigenvalue weighted by Crippen LogP contribution is -2.16. The van der Waals surface area contributed by atoms with Crippen LogP contribution in [0.2, 0.25) is 0 Å². The minimum atomic E-state index is 0.488. The van der Waals surface area contributed by atoms with Crippen molar-refractivity contribution in [2.24, 2.45) is 5.92 Å². The molecule has 1 rings (SSSR count). The van der Waals surface area contributed by atoms with Crippen molar-refractivity contribution < 1.29 is 0 Å². The zero-order valence-electron chi connectivity index (χ0n) is 10.3. The zero-order valence-corrected chi connectivity index (χ0v) is 11.8. The molecule has 2 nitrogen and oxygen atoms in total. The van der Waals surface area contributed by atoms with E-state index in [1.807, 2.05) is 18.2 Å². The molecular weight excluding hydrogens is 264 g/mol. The summed E-state index contributed by atoms with van der Waals surface area (Å²) in [5, 5.41) is 3.49. The molecule has 90 valence electrons. The smallest absolute Gasteiger partial charge is 0.0488 e. The number of halogens is 1. The van der Waals surface area contributed by atoms with Gasteiger partial charge in [0.25, 0.3) is 0 Å². The van der Waals surface area contributed by atoms with Crippen molar-refractivity contribution in [2.75, 3.05) is 11.1 Å². The van der Waals surface area contributed by atoms with Crippen LogP contribution in [0.4, 0.5) is 11.4 Å². The number of rotatable bonds is 5. The van der Waals surface area contributed by atoms with E-state index in [0.717, 1.165) is 21.8 Å². The van der Waals surface area contributed by atoms with Crippen LogP contribution in [0.25, 0.3) is 0 Å². The predicted octanol–water partition coefficient (Wildman–Crippen LogP) is 4.27. The Bertz CT molecular complexity index is 337. The van der Waals surface area contributed by atoms with Gasteiger partial charge in [-0.05, 0) is 59.8 Å². The minimum absolute atomic E-state index is 0.488. The molecular formula is C13H21BrN2. The fraction of sp³-hybridized carbons (Fsp3) is 0.538. The molecule has 0 spiro atoms. The molecule has 0 fully saturated rings. The molecule has 0 heterocycles. The van der Waals surface area contributed by atoms with Gasteiger partial charge >= 0.3 is 0 Å². The van der Waals surface area contributed by atoms with Crippen LogP contribution >= 0.6 is 15.9 Å². The maximum absolute atomic E-state index is 5.70. The number of nitrogen functional groups attached to an aromatic ring is 1. The maximum atomic E-state index is 5.70. The fourth-order valence-corrected chi connectivity index (χ4v) is 2.08. The highest BCUT2D eigenvalue weighted by atomic mass is 79.9. The molecule has 0 amide bonds. The average Bonchev–Trinajstić information content (AvgIpc) is 2.19. The van der Waals surface area contributed by atoms with Gasteiger partial charge in [0, 0.05) is 21.9 Å². The Morgan fingerprint density at radius 1 is 1.25 bits per heavy atom. The first-order valence-electron chi connectivity index (χ1n) is 5.80. The molecule has 16 heavy (non-hydrogen) atoms. The molecule has 1 aromatic rings. The Labute approximate surface area is 107 Å². The second-order valence-corrected chi connectivity index (χ2v) is 5.61. The van der Waals surface area contributed by atoms with Crippen LogP contribution in [0, 0.1) is 5.92 Å². The monoisotopic (exact) mass is 284 g/mol. The lowest BCUT2D eigenvalue weighted by atomic mass is 10.0. The summed E-state index contributed by atoms with van der Waals surface area (Å²) in [7, 11) is 0. The molecule has 0 bridgehead atoms. The highest BCUT2D eigenvalue weighted by Crippen LogP contribution is 2.25. The third-order valence-electron chi connectivity index (χ3n) is 2.57. The third-order valence-corrected chi connectivity index (χ3v) is 3.23. The highest BCUT2D eigenvalue weighted by molar-refractivity contribution is 9.10. The molecule has 3 heteroatoms. The maximum Gasteiger partial charge on any atom is 0.0488 e. The van der Waals surface area contributed by atoms with Gasteiger partial charge in [0.2, 0.25) is 0 Å². The Morgan fingerprint density at radius 2 is 1.94 bits per heavy atom. The number of anilines is 2. The van der Waals surface area contributed by atoms with Gasteiger partial charge in [-0.3, -0.25) is 0 Å². The Hall–Kier alpha value is -0.700. The summed E-state index contributed by atoms with van der Waals surface area (Å²) >= 11 is 3.51. The number of nitrogens with one attached hydrogen (secondary N) is 1. The van der Waals surface area contributed by atoms with Crippen molar-refractivity contribution in [3.05, 3.63) is 22.7 Å². The quantitative estimate of drug-likeness (QED) is 0.793. The molecule has 0 aromatic heterocycles. The van der Waals surface area contributed by atoms with Crippen LogP contribution in [-0.4, -0.2) is 6.04 Å². The average molecular weight is 285 g/mol. The molecule has 1 unspecified atom stereocenters. The first-order chi connectivity index (χ1) is 7.49. The Kier molecular flexibility index (Phi) is 5.13. The second kappa shape index (κ2) is 6.14. The van der Waals surface area contributed by atoms with E-state index in [-0.39, 0.29) is 0 Å². The van der Waals surface area contributed by atoms with Gasteiger partial charge in [-0.1, -0.05) is 13.8 Å². The van der Waals surface area contributed by atoms with E-state index in [0.29, 0.717) is 6.04 Å². The van der Waals surface area contributed by atoms with Crippen molar-refractivity contribution in [1.82, 2.24) is 0 Å². The highest BCUT2D eigenvalue weighted by Gasteiger charge is 2.06. The summed E-state index contributed by atoms with van der Waals surface area (Å²) < 4.78 is 1.03. The van der Waals surface area contributed by atoms with Gasteiger partial charge in [0.15, 0.2) is 0 Å². The SMILES string of the molecule is CC(C)CCC(C)Nc1ccc(N)cc1Br. The summed E-state index contributed by atoms with van der Waals surface area (Å²) in [5.74, 6) is 0.763. The molecule has 3 N–H and O–H groups in total. The number of benzene rings is 1. The van der Waals surface area contributed by atoms with Gasteiger partial charge in [0.1, 0.15) is 0 Å². The summed E-state index contributed by atoms with van der Waals surface area (Å²) in [4.78, 5) is 0. The van der Waals surface area contributed by atoms with E-state index >= 15 is 0 Å². The molecule has 1 aromatic carbocycles. The molecule has 0 saturated heterocycles. The first kappa shape index (κ1) is 13.4. The number of nitrogens with two attached hydrogens (primary N) is 1. The van der Waals surface area contributed by atoms with Gasteiger partial charge in [0.05, 0.1) is 0 Å². The molecule has 0 aliphatic heterocycles. The van der Waals surface area contributed by atoms with E-state index in [9.17, 15) is 0 Å². The molecule has 1 atom stereocenters. The van der Waals surface area contributed by atoms with Crippen LogP contribution in [0.3, 0.4) is 0 Å². The number of hydrogen-bond acceptors (Lipinski definition) is 2. The van der Waals surface area contributed by atoms with Crippen LogP contribution in [0.5, 0.6) is 0 Å². The van der Waals surface area contributed by atoms with Crippen LogP contribution in [0.15, 0.2) is 22.7 Å². The van der Waals surface area contributed by atoms with E-state index in [2.05, 4.69) is 42.0 Å². The molecule has 0 aliphatic rings. The lowest BCUT2D eigenvalue weighted by molar-refractivity contribution is 0.527. The summed E-state index contributed by atoms with van der Waals surface area (Å²) in [6.45, 7) is 6.73. The van der Waals surface area contributed by atoms with Gasteiger partial charge in [-0.25, -0.2) is 0 Å². The largest absolute Gasteiger partial charge is 0.399 e.